The highest BCUT2D eigenvalue weighted by molar-refractivity contribution is 5.95. The number of amides is 1. The zero-order chi connectivity index (χ0) is 17.1. The maximum atomic E-state index is 12.4. The number of aromatic nitrogens is 3. The van der Waals surface area contributed by atoms with Crippen LogP contribution in [0, 0.1) is 16.0 Å². The molecule has 3 N–H and O–H groups in total. The molecule has 0 aliphatic heterocycles. The normalized spacial score (nSPS) is 19.2. The van der Waals surface area contributed by atoms with Crippen molar-refractivity contribution in [1.29, 1.82) is 0 Å². The van der Waals surface area contributed by atoms with Crippen molar-refractivity contribution in [3.63, 3.8) is 0 Å². The molecule has 1 saturated carbocycles. The molecule has 9 nitrogen and oxygen atoms in total. The molecule has 0 bridgehead atoms. The van der Waals surface area contributed by atoms with Gasteiger partial charge in [0.2, 0.25) is 0 Å². The van der Waals surface area contributed by atoms with E-state index in [0.29, 0.717) is 6.54 Å². The van der Waals surface area contributed by atoms with E-state index in [0.717, 1.165) is 19.3 Å². The van der Waals surface area contributed by atoms with Gasteiger partial charge < -0.3 is 11.1 Å². The Labute approximate surface area is 150 Å². The molecule has 0 spiro atoms. The first kappa shape index (κ1) is 18.8. The molecule has 2 aromatic rings. The highest BCUT2D eigenvalue weighted by Gasteiger charge is 2.28. The Balaban J connectivity index is 0.00000225. The molecule has 1 aromatic carbocycles. The van der Waals surface area contributed by atoms with E-state index in [4.69, 9.17) is 5.73 Å². The molecule has 3 rings (SSSR count). The van der Waals surface area contributed by atoms with Crippen molar-refractivity contribution in [1.82, 2.24) is 20.1 Å². The summed E-state index contributed by atoms with van der Waals surface area (Å²) in [5.74, 6) is -0.0630. The number of hydrogen-bond donors (Lipinski definition) is 2. The minimum absolute atomic E-state index is 0. The number of nitrogens with two attached hydrogens (primary N) is 1. The van der Waals surface area contributed by atoms with Gasteiger partial charge in [-0.1, -0.05) is 6.42 Å². The molecule has 1 aromatic heterocycles. The maximum Gasteiger partial charge on any atom is 0.295 e. The lowest BCUT2D eigenvalue weighted by Crippen LogP contribution is -2.39. The number of carbonyl (C=O) groups is 1. The van der Waals surface area contributed by atoms with Crippen LogP contribution in [0.1, 0.15) is 29.6 Å². The van der Waals surface area contributed by atoms with Crippen molar-refractivity contribution >= 4 is 24.0 Å². The van der Waals surface area contributed by atoms with Crippen LogP contribution in [0.4, 0.5) is 5.69 Å². The SMILES string of the molecule is Cl.NCC1CCCC1NC(=O)c1ccc(-n2cncn2)c([N+](=O)[O-])c1. The van der Waals surface area contributed by atoms with Gasteiger partial charge in [0.05, 0.1) is 4.92 Å². The third-order valence-electron chi connectivity index (χ3n) is 4.38. The Bertz CT molecular complexity index is 752. The summed E-state index contributed by atoms with van der Waals surface area (Å²) in [6.45, 7) is 0.524. The Morgan fingerprint density at radius 1 is 1.44 bits per heavy atom. The van der Waals surface area contributed by atoms with E-state index < -0.39 is 4.92 Å². The number of nitro groups is 1. The van der Waals surface area contributed by atoms with Gasteiger partial charge in [-0.05, 0) is 37.4 Å². The quantitative estimate of drug-likeness (QED) is 0.608. The Kier molecular flexibility index (Phi) is 6.05. The van der Waals surface area contributed by atoms with E-state index in [1.807, 2.05) is 0 Å². The van der Waals surface area contributed by atoms with Gasteiger partial charge in [0, 0.05) is 17.7 Å². The van der Waals surface area contributed by atoms with Gasteiger partial charge in [-0.3, -0.25) is 14.9 Å². The zero-order valence-corrected chi connectivity index (χ0v) is 14.2. The van der Waals surface area contributed by atoms with Crippen molar-refractivity contribution in [3.8, 4) is 5.69 Å². The maximum absolute atomic E-state index is 12.4. The predicted molar refractivity (Wildman–Crippen MR) is 92.9 cm³/mol. The molecule has 1 fully saturated rings. The van der Waals surface area contributed by atoms with Crippen LogP contribution < -0.4 is 11.1 Å². The molecule has 2 atom stereocenters. The summed E-state index contributed by atoms with van der Waals surface area (Å²) in [7, 11) is 0. The van der Waals surface area contributed by atoms with Crippen molar-refractivity contribution < 1.29 is 9.72 Å². The molecular formula is C15H19ClN6O3. The molecule has 1 heterocycles. The third kappa shape index (κ3) is 3.94. The van der Waals surface area contributed by atoms with E-state index in [-0.39, 0.29) is 47.2 Å². The molecule has 1 aliphatic rings. The number of carbonyl (C=O) groups excluding carboxylic acids is 1. The monoisotopic (exact) mass is 366 g/mol. The van der Waals surface area contributed by atoms with Gasteiger partial charge in [0.1, 0.15) is 18.3 Å². The summed E-state index contributed by atoms with van der Waals surface area (Å²) in [4.78, 5) is 27.0. The number of nitro benzene ring substituents is 1. The van der Waals surface area contributed by atoms with Gasteiger partial charge in [-0.15, -0.1) is 12.4 Å². The van der Waals surface area contributed by atoms with Gasteiger partial charge in [0.15, 0.2) is 0 Å². The fourth-order valence-electron chi connectivity index (χ4n) is 3.10. The van der Waals surface area contributed by atoms with Crippen LogP contribution in [0.15, 0.2) is 30.9 Å². The summed E-state index contributed by atoms with van der Waals surface area (Å²) >= 11 is 0. The first-order valence-electron chi connectivity index (χ1n) is 7.74. The number of halogens is 1. The third-order valence-corrected chi connectivity index (χ3v) is 4.38. The Morgan fingerprint density at radius 2 is 2.24 bits per heavy atom. The lowest BCUT2D eigenvalue weighted by atomic mass is 10.0. The van der Waals surface area contributed by atoms with Crippen LogP contribution in [0.2, 0.25) is 0 Å². The van der Waals surface area contributed by atoms with E-state index in [2.05, 4.69) is 15.4 Å². The van der Waals surface area contributed by atoms with Crippen LogP contribution in [0.5, 0.6) is 0 Å². The number of rotatable bonds is 5. The molecule has 25 heavy (non-hydrogen) atoms. The highest BCUT2D eigenvalue weighted by Crippen LogP contribution is 2.26. The Morgan fingerprint density at radius 3 is 2.88 bits per heavy atom. The molecule has 1 amide bonds. The van der Waals surface area contributed by atoms with Gasteiger partial charge in [-0.2, -0.15) is 5.10 Å². The van der Waals surface area contributed by atoms with Gasteiger partial charge in [-0.25, -0.2) is 9.67 Å². The van der Waals surface area contributed by atoms with E-state index >= 15 is 0 Å². The lowest BCUT2D eigenvalue weighted by Gasteiger charge is -2.19. The molecular weight excluding hydrogens is 348 g/mol. The molecule has 134 valence electrons. The predicted octanol–water partition coefficient (Wildman–Crippen LogP) is 1.45. The number of nitrogens with one attached hydrogen (secondary N) is 1. The Hall–Kier alpha value is -2.52. The fourth-order valence-corrected chi connectivity index (χ4v) is 3.10. The second kappa shape index (κ2) is 8.04. The molecule has 10 heteroatoms. The summed E-state index contributed by atoms with van der Waals surface area (Å²) in [5, 5.41) is 18.2. The summed E-state index contributed by atoms with van der Waals surface area (Å²) in [5.41, 5.74) is 6.02. The van der Waals surface area contributed by atoms with Gasteiger partial charge in [0.25, 0.3) is 11.6 Å². The number of nitrogens with zero attached hydrogens (tertiary/aromatic N) is 4. The fraction of sp³-hybridized carbons (Fsp3) is 0.400. The minimum Gasteiger partial charge on any atom is -0.349 e. The second-order valence-electron chi connectivity index (χ2n) is 5.81. The average Bonchev–Trinajstić information content (AvgIpc) is 3.25. The van der Waals surface area contributed by atoms with Crippen LogP contribution in [-0.4, -0.2) is 38.2 Å². The minimum atomic E-state index is -0.536. The van der Waals surface area contributed by atoms with Gasteiger partial charge >= 0.3 is 0 Å². The second-order valence-corrected chi connectivity index (χ2v) is 5.81. The van der Waals surface area contributed by atoms with Crippen molar-refractivity contribution in [2.45, 2.75) is 25.3 Å². The van der Waals surface area contributed by atoms with Crippen LogP contribution in [0.3, 0.4) is 0 Å². The standard InChI is InChI=1S/C15H18N6O3.ClH/c16-7-11-2-1-3-12(11)19-15(22)10-4-5-13(14(6-10)21(23)24)20-9-17-8-18-20;/h4-6,8-9,11-12H,1-3,7,16H2,(H,19,22);1H. The van der Waals surface area contributed by atoms with E-state index in [1.54, 1.807) is 6.07 Å². The van der Waals surface area contributed by atoms with Crippen LogP contribution in [-0.2, 0) is 0 Å². The summed E-state index contributed by atoms with van der Waals surface area (Å²) < 4.78 is 1.29. The molecule has 0 radical (unpaired) electrons. The topological polar surface area (TPSA) is 129 Å². The van der Waals surface area contributed by atoms with E-state index in [1.165, 1.54) is 29.5 Å². The first-order chi connectivity index (χ1) is 11.6. The summed E-state index contributed by atoms with van der Waals surface area (Å²) in [6.07, 6.45) is 5.56. The lowest BCUT2D eigenvalue weighted by molar-refractivity contribution is -0.384. The molecule has 0 saturated heterocycles. The smallest absolute Gasteiger partial charge is 0.295 e. The summed E-state index contributed by atoms with van der Waals surface area (Å²) in [6, 6.07) is 4.33. The van der Waals surface area contributed by atoms with Crippen LogP contribution >= 0.6 is 12.4 Å². The van der Waals surface area contributed by atoms with E-state index in [9.17, 15) is 14.9 Å². The molecule has 1 aliphatic carbocycles. The van der Waals surface area contributed by atoms with Crippen LogP contribution in [0.25, 0.3) is 5.69 Å². The number of benzene rings is 1. The number of hydrogen-bond acceptors (Lipinski definition) is 6. The highest BCUT2D eigenvalue weighted by atomic mass is 35.5. The largest absolute Gasteiger partial charge is 0.349 e. The zero-order valence-electron chi connectivity index (χ0n) is 13.4. The van der Waals surface area contributed by atoms with Crippen molar-refractivity contribution in [2.75, 3.05) is 6.54 Å². The average molecular weight is 367 g/mol. The van der Waals surface area contributed by atoms with Crippen molar-refractivity contribution in [3.05, 3.63) is 46.5 Å². The van der Waals surface area contributed by atoms with Crippen molar-refractivity contribution in [2.24, 2.45) is 11.7 Å². The molecule has 2 unspecified atom stereocenters. The first-order valence-corrected chi connectivity index (χ1v) is 7.74.